The fourth-order valence-electron chi connectivity index (χ4n) is 1.08. The van der Waals surface area contributed by atoms with Crippen molar-refractivity contribution < 1.29 is 33.1 Å². The van der Waals surface area contributed by atoms with Crippen molar-refractivity contribution in [3.63, 3.8) is 0 Å². The number of aliphatic carboxylic acids is 1. The van der Waals surface area contributed by atoms with E-state index >= 15 is 0 Å². The van der Waals surface area contributed by atoms with E-state index in [9.17, 15) is 13.2 Å². The highest BCUT2D eigenvalue weighted by Gasteiger charge is 2.40. The van der Waals surface area contributed by atoms with Gasteiger partial charge in [-0.15, -0.1) is 0 Å². The van der Waals surface area contributed by atoms with E-state index < -0.39 is 32.7 Å². The van der Waals surface area contributed by atoms with Gasteiger partial charge in [0, 0.05) is 0 Å². The van der Waals surface area contributed by atoms with Crippen LogP contribution in [0.15, 0.2) is 23.1 Å². The monoisotopic (exact) mass is 236 g/mol. The standard InChI is InChI=1S/C7H8O7S/c8-6(9)5-3-4(15(12,13)14)1-2-7(5,10)11/h1-3,5,10-11H,(H,8,9)(H,12,13,14). The average Bonchev–Trinajstić information content (AvgIpc) is 2.00. The van der Waals surface area contributed by atoms with Gasteiger partial charge in [-0.05, 0) is 18.2 Å². The molecule has 1 rings (SSSR count). The van der Waals surface area contributed by atoms with E-state index in [1.54, 1.807) is 0 Å². The van der Waals surface area contributed by atoms with Gasteiger partial charge in [0.1, 0.15) is 5.92 Å². The first-order valence-electron chi connectivity index (χ1n) is 3.71. The van der Waals surface area contributed by atoms with Crippen LogP contribution < -0.4 is 0 Å². The first kappa shape index (κ1) is 11.9. The van der Waals surface area contributed by atoms with Crippen LogP contribution in [-0.2, 0) is 14.9 Å². The third-order valence-corrected chi connectivity index (χ3v) is 2.71. The zero-order chi connectivity index (χ0) is 11.9. The molecule has 0 aliphatic heterocycles. The molecule has 0 aromatic heterocycles. The maximum Gasteiger partial charge on any atom is 0.316 e. The molecule has 0 fully saturated rings. The van der Waals surface area contributed by atoms with Crippen LogP contribution in [0.3, 0.4) is 0 Å². The van der Waals surface area contributed by atoms with Crippen molar-refractivity contribution in [2.45, 2.75) is 5.79 Å². The molecule has 0 spiro atoms. The largest absolute Gasteiger partial charge is 0.481 e. The average molecular weight is 236 g/mol. The number of carboxylic acids is 1. The Morgan fingerprint density at radius 3 is 2.33 bits per heavy atom. The summed E-state index contributed by atoms with van der Waals surface area (Å²) in [6.07, 6.45) is 1.85. The Labute approximate surface area is 84.7 Å². The van der Waals surface area contributed by atoms with Crippen LogP contribution >= 0.6 is 0 Å². The topological polar surface area (TPSA) is 132 Å². The lowest BCUT2D eigenvalue weighted by Crippen LogP contribution is -2.41. The Balaban J connectivity index is 3.21. The van der Waals surface area contributed by atoms with Crippen LogP contribution in [0.4, 0.5) is 0 Å². The van der Waals surface area contributed by atoms with Crippen molar-refractivity contribution in [1.29, 1.82) is 0 Å². The summed E-state index contributed by atoms with van der Waals surface area (Å²) < 4.78 is 29.9. The third kappa shape index (κ3) is 2.42. The molecule has 84 valence electrons. The number of hydrogen-bond donors (Lipinski definition) is 4. The van der Waals surface area contributed by atoms with Crippen LogP contribution in [0, 0.1) is 5.92 Å². The van der Waals surface area contributed by atoms with Gasteiger partial charge >= 0.3 is 5.97 Å². The minimum atomic E-state index is -4.55. The van der Waals surface area contributed by atoms with Crippen molar-refractivity contribution in [3.05, 3.63) is 23.1 Å². The Morgan fingerprint density at radius 1 is 1.40 bits per heavy atom. The molecule has 0 aromatic carbocycles. The number of aliphatic hydroxyl groups is 2. The fourth-order valence-corrected chi connectivity index (χ4v) is 1.62. The van der Waals surface area contributed by atoms with E-state index in [0.29, 0.717) is 12.2 Å². The van der Waals surface area contributed by atoms with Gasteiger partial charge in [-0.2, -0.15) is 8.42 Å². The molecule has 0 saturated heterocycles. The molecule has 0 amide bonds. The zero-order valence-electron chi connectivity index (χ0n) is 7.23. The minimum absolute atomic E-state index is 0.553. The van der Waals surface area contributed by atoms with Gasteiger partial charge in [0.15, 0.2) is 5.79 Å². The molecular formula is C7H8O7S. The first-order valence-corrected chi connectivity index (χ1v) is 5.15. The van der Waals surface area contributed by atoms with E-state index in [2.05, 4.69) is 0 Å². The quantitative estimate of drug-likeness (QED) is 0.346. The fraction of sp³-hybridized carbons (Fsp3) is 0.286. The van der Waals surface area contributed by atoms with E-state index in [4.69, 9.17) is 19.9 Å². The summed E-state index contributed by atoms with van der Waals surface area (Å²) in [5.74, 6) is -6.13. The Bertz CT molecular complexity index is 442. The highest BCUT2D eigenvalue weighted by molar-refractivity contribution is 7.90. The van der Waals surface area contributed by atoms with Crippen molar-refractivity contribution in [1.82, 2.24) is 0 Å². The minimum Gasteiger partial charge on any atom is -0.481 e. The van der Waals surface area contributed by atoms with E-state index in [-0.39, 0.29) is 0 Å². The lowest BCUT2D eigenvalue weighted by molar-refractivity contribution is -0.176. The molecule has 1 unspecified atom stereocenters. The summed E-state index contributed by atoms with van der Waals surface area (Å²) in [4.78, 5) is 9.88. The second-order valence-electron chi connectivity index (χ2n) is 2.98. The SMILES string of the molecule is O=C(O)C1C=C(S(=O)(=O)O)C=CC1(O)O. The summed E-state index contributed by atoms with van der Waals surface area (Å²) in [6.45, 7) is 0. The Morgan fingerprint density at radius 2 is 1.93 bits per heavy atom. The van der Waals surface area contributed by atoms with E-state index in [1.165, 1.54) is 0 Å². The highest BCUT2D eigenvalue weighted by Crippen LogP contribution is 2.27. The molecule has 0 radical (unpaired) electrons. The molecule has 1 aliphatic carbocycles. The highest BCUT2D eigenvalue weighted by atomic mass is 32.2. The Kier molecular flexibility index (Phi) is 2.70. The van der Waals surface area contributed by atoms with Crippen molar-refractivity contribution in [3.8, 4) is 0 Å². The molecule has 4 N–H and O–H groups in total. The van der Waals surface area contributed by atoms with E-state index in [0.717, 1.165) is 6.08 Å². The summed E-state index contributed by atoms with van der Waals surface area (Å²) in [5.41, 5.74) is 0. The molecule has 15 heavy (non-hydrogen) atoms. The molecule has 8 heteroatoms. The molecular weight excluding hydrogens is 228 g/mol. The summed E-state index contributed by atoms with van der Waals surface area (Å²) in [5, 5.41) is 26.9. The van der Waals surface area contributed by atoms with Crippen LogP contribution in [0.5, 0.6) is 0 Å². The molecule has 0 bridgehead atoms. The Hall–Kier alpha value is -1.22. The maximum absolute atomic E-state index is 10.6. The van der Waals surface area contributed by atoms with E-state index in [1.807, 2.05) is 0 Å². The van der Waals surface area contributed by atoms with Crippen LogP contribution in [0.1, 0.15) is 0 Å². The number of hydrogen-bond acceptors (Lipinski definition) is 5. The van der Waals surface area contributed by atoms with Gasteiger partial charge in [-0.25, -0.2) is 0 Å². The lowest BCUT2D eigenvalue weighted by Gasteiger charge is -2.25. The van der Waals surface area contributed by atoms with Crippen molar-refractivity contribution in [2.75, 3.05) is 0 Å². The van der Waals surface area contributed by atoms with Gasteiger partial charge in [-0.3, -0.25) is 9.35 Å². The van der Waals surface area contributed by atoms with Crippen LogP contribution in [0.25, 0.3) is 0 Å². The normalized spacial score (nSPS) is 24.7. The van der Waals surface area contributed by atoms with Crippen molar-refractivity contribution in [2.24, 2.45) is 5.92 Å². The summed E-state index contributed by atoms with van der Waals surface area (Å²) in [6, 6.07) is 0. The molecule has 0 saturated carbocycles. The number of carbonyl (C=O) groups is 1. The van der Waals surface area contributed by atoms with Gasteiger partial charge < -0.3 is 15.3 Å². The second-order valence-corrected chi connectivity index (χ2v) is 4.40. The van der Waals surface area contributed by atoms with Gasteiger partial charge in [0.05, 0.1) is 4.91 Å². The van der Waals surface area contributed by atoms with Gasteiger partial charge in [0.2, 0.25) is 0 Å². The zero-order valence-corrected chi connectivity index (χ0v) is 8.05. The molecule has 1 atom stereocenters. The van der Waals surface area contributed by atoms with Crippen LogP contribution in [0.2, 0.25) is 0 Å². The predicted molar refractivity (Wildman–Crippen MR) is 47.1 cm³/mol. The molecule has 1 aliphatic rings. The number of carboxylic acid groups (broad SMARTS) is 1. The van der Waals surface area contributed by atoms with Crippen molar-refractivity contribution >= 4 is 16.1 Å². The first-order chi connectivity index (χ1) is 6.64. The van der Waals surface area contributed by atoms with Crippen LogP contribution in [-0.4, -0.2) is 40.0 Å². The lowest BCUT2D eigenvalue weighted by atomic mass is 9.94. The summed E-state index contributed by atoms with van der Waals surface area (Å²) >= 11 is 0. The molecule has 7 nitrogen and oxygen atoms in total. The summed E-state index contributed by atoms with van der Waals surface area (Å²) in [7, 11) is -4.55. The van der Waals surface area contributed by atoms with Gasteiger partial charge in [0.25, 0.3) is 10.1 Å². The molecule has 0 aromatic rings. The molecule has 0 heterocycles. The number of rotatable bonds is 2. The number of allylic oxidation sites excluding steroid dienone is 1. The maximum atomic E-state index is 10.6. The third-order valence-electron chi connectivity index (χ3n) is 1.85. The second kappa shape index (κ2) is 3.42. The predicted octanol–water partition coefficient (Wildman–Crippen LogP) is -1.29. The smallest absolute Gasteiger partial charge is 0.316 e. The van der Waals surface area contributed by atoms with Gasteiger partial charge in [-0.1, -0.05) is 0 Å².